The number of amides is 2. The van der Waals surface area contributed by atoms with Crippen LogP contribution in [0.4, 0.5) is 0 Å². The molecule has 0 radical (unpaired) electrons. The zero-order chi connectivity index (χ0) is 16.3. The Bertz CT molecular complexity index is 569. The van der Waals surface area contributed by atoms with Crippen LogP contribution in [-0.4, -0.2) is 41.0 Å². The van der Waals surface area contributed by atoms with Crippen molar-refractivity contribution in [1.82, 2.24) is 10.2 Å². The van der Waals surface area contributed by atoms with E-state index >= 15 is 0 Å². The number of hydrogen-bond donors (Lipinski definition) is 2. The van der Waals surface area contributed by atoms with Crippen molar-refractivity contribution in [3.8, 4) is 5.75 Å². The van der Waals surface area contributed by atoms with E-state index in [4.69, 9.17) is 0 Å². The summed E-state index contributed by atoms with van der Waals surface area (Å²) in [5.74, 6) is -0.224. The molecule has 5 heteroatoms. The van der Waals surface area contributed by atoms with Gasteiger partial charge in [-0.25, -0.2) is 0 Å². The molecule has 0 unspecified atom stereocenters. The smallest absolute Gasteiger partial charge is 0.257 e. The summed E-state index contributed by atoms with van der Waals surface area (Å²) in [5.41, 5.74) is 1.26. The van der Waals surface area contributed by atoms with E-state index in [-0.39, 0.29) is 29.5 Å². The molecule has 0 saturated carbocycles. The number of likely N-dealkylation sites (tertiary alicyclic amines) is 1. The molecule has 5 nitrogen and oxygen atoms in total. The number of phenolic OH excluding ortho intramolecular Hbond substituents is 1. The van der Waals surface area contributed by atoms with Gasteiger partial charge in [-0.3, -0.25) is 9.59 Å². The summed E-state index contributed by atoms with van der Waals surface area (Å²) < 4.78 is 0. The molecule has 1 fully saturated rings. The number of hydrogen-bond acceptors (Lipinski definition) is 3. The Morgan fingerprint density at radius 3 is 2.77 bits per heavy atom. The van der Waals surface area contributed by atoms with E-state index in [0.717, 1.165) is 18.4 Å². The van der Waals surface area contributed by atoms with Gasteiger partial charge in [-0.15, -0.1) is 0 Å². The zero-order valence-corrected chi connectivity index (χ0v) is 13.4. The lowest BCUT2D eigenvalue weighted by Gasteiger charge is -2.33. The second-order valence-electron chi connectivity index (χ2n) is 6.27. The van der Waals surface area contributed by atoms with Crippen molar-refractivity contribution in [2.24, 2.45) is 5.92 Å². The first-order chi connectivity index (χ1) is 10.4. The molecule has 0 bridgehead atoms. The summed E-state index contributed by atoms with van der Waals surface area (Å²) >= 11 is 0. The standard InChI is InChI=1S/C17H24N2O3/c1-11(2)16(21)18-13-5-4-8-19(10-13)17(22)14-9-12(3)6-7-15(14)20/h6-7,9,11,13,20H,4-5,8,10H2,1-3H3,(H,18,21)/t13-/m0/s1. The maximum atomic E-state index is 12.6. The van der Waals surface area contributed by atoms with E-state index in [1.54, 1.807) is 23.1 Å². The quantitative estimate of drug-likeness (QED) is 0.898. The summed E-state index contributed by atoms with van der Waals surface area (Å²) in [6.07, 6.45) is 1.73. The van der Waals surface area contributed by atoms with E-state index in [1.165, 1.54) is 0 Å². The molecular weight excluding hydrogens is 280 g/mol. The Balaban J connectivity index is 2.07. The fourth-order valence-corrected chi connectivity index (χ4v) is 2.64. The van der Waals surface area contributed by atoms with Gasteiger partial charge in [0, 0.05) is 25.0 Å². The average Bonchev–Trinajstić information content (AvgIpc) is 2.49. The van der Waals surface area contributed by atoms with Crippen molar-refractivity contribution in [2.75, 3.05) is 13.1 Å². The Morgan fingerprint density at radius 2 is 2.09 bits per heavy atom. The van der Waals surface area contributed by atoms with E-state index in [1.807, 2.05) is 20.8 Å². The maximum absolute atomic E-state index is 12.6. The lowest BCUT2D eigenvalue weighted by atomic mass is 10.0. The number of piperidine rings is 1. The Morgan fingerprint density at radius 1 is 1.36 bits per heavy atom. The van der Waals surface area contributed by atoms with Gasteiger partial charge in [0.2, 0.25) is 5.91 Å². The predicted molar refractivity (Wildman–Crippen MR) is 84.8 cm³/mol. The molecule has 1 heterocycles. The second-order valence-corrected chi connectivity index (χ2v) is 6.27. The number of nitrogens with one attached hydrogen (secondary N) is 1. The van der Waals surface area contributed by atoms with E-state index in [0.29, 0.717) is 18.7 Å². The first-order valence-corrected chi connectivity index (χ1v) is 7.77. The lowest BCUT2D eigenvalue weighted by Crippen LogP contribution is -2.50. The van der Waals surface area contributed by atoms with Crippen LogP contribution in [0.5, 0.6) is 5.75 Å². The van der Waals surface area contributed by atoms with Crippen molar-refractivity contribution in [3.05, 3.63) is 29.3 Å². The minimum Gasteiger partial charge on any atom is -0.507 e. The molecule has 0 aliphatic carbocycles. The van der Waals surface area contributed by atoms with Gasteiger partial charge in [-0.1, -0.05) is 25.5 Å². The molecule has 2 N–H and O–H groups in total. The third-order valence-corrected chi connectivity index (χ3v) is 3.96. The molecule has 1 aromatic carbocycles. The average molecular weight is 304 g/mol. The number of benzene rings is 1. The Hall–Kier alpha value is -2.04. The number of phenols is 1. The summed E-state index contributed by atoms with van der Waals surface area (Å²) in [5, 5.41) is 12.9. The molecule has 1 atom stereocenters. The summed E-state index contributed by atoms with van der Waals surface area (Å²) in [4.78, 5) is 26.1. The van der Waals surface area contributed by atoms with Gasteiger partial charge in [0.15, 0.2) is 0 Å². The van der Waals surface area contributed by atoms with Crippen LogP contribution in [0, 0.1) is 12.8 Å². The highest BCUT2D eigenvalue weighted by Gasteiger charge is 2.27. The minimum atomic E-state index is -0.176. The minimum absolute atomic E-state index is 0.00365. The van der Waals surface area contributed by atoms with Crippen LogP contribution in [0.15, 0.2) is 18.2 Å². The predicted octanol–water partition coefficient (Wildman–Crippen LogP) is 2.08. The maximum Gasteiger partial charge on any atom is 0.257 e. The Labute approximate surface area is 131 Å². The van der Waals surface area contributed by atoms with Crippen molar-refractivity contribution in [2.45, 2.75) is 39.7 Å². The molecular formula is C17H24N2O3. The number of aryl methyl sites for hydroxylation is 1. The summed E-state index contributed by atoms with van der Waals surface area (Å²) in [7, 11) is 0. The number of carbonyl (C=O) groups excluding carboxylic acids is 2. The highest BCUT2D eigenvalue weighted by atomic mass is 16.3. The number of rotatable bonds is 3. The fraction of sp³-hybridized carbons (Fsp3) is 0.529. The normalized spacial score (nSPS) is 18.4. The molecule has 120 valence electrons. The van der Waals surface area contributed by atoms with Crippen LogP contribution in [0.2, 0.25) is 0 Å². The monoisotopic (exact) mass is 304 g/mol. The topological polar surface area (TPSA) is 69.6 Å². The lowest BCUT2D eigenvalue weighted by molar-refractivity contribution is -0.125. The Kier molecular flexibility index (Phi) is 5.06. The van der Waals surface area contributed by atoms with Crippen LogP contribution in [0.1, 0.15) is 42.6 Å². The van der Waals surface area contributed by atoms with Crippen molar-refractivity contribution >= 4 is 11.8 Å². The summed E-state index contributed by atoms with van der Waals surface area (Å²) in [6, 6.07) is 5.01. The van der Waals surface area contributed by atoms with Gasteiger partial charge in [0.25, 0.3) is 5.91 Å². The van der Waals surface area contributed by atoms with Crippen LogP contribution in [0.25, 0.3) is 0 Å². The third-order valence-electron chi connectivity index (χ3n) is 3.96. The van der Waals surface area contributed by atoms with Crippen LogP contribution < -0.4 is 5.32 Å². The molecule has 22 heavy (non-hydrogen) atoms. The molecule has 0 aromatic heterocycles. The molecule has 1 aromatic rings. The van der Waals surface area contributed by atoms with Crippen LogP contribution in [-0.2, 0) is 4.79 Å². The van der Waals surface area contributed by atoms with Crippen molar-refractivity contribution in [3.63, 3.8) is 0 Å². The highest BCUT2D eigenvalue weighted by Crippen LogP contribution is 2.22. The van der Waals surface area contributed by atoms with Crippen LogP contribution >= 0.6 is 0 Å². The van der Waals surface area contributed by atoms with E-state index in [2.05, 4.69) is 5.32 Å². The van der Waals surface area contributed by atoms with Gasteiger partial charge < -0.3 is 15.3 Å². The van der Waals surface area contributed by atoms with Crippen molar-refractivity contribution < 1.29 is 14.7 Å². The third kappa shape index (κ3) is 3.78. The van der Waals surface area contributed by atoms with Gasteiger partial charge in [-0.2, -0.15) is 0 Å². The van der Waals surface area contributed by atoms with Gasteiger partial charge in [-0.05, 0) is 31.9 Å². The highest BCUT2D eigenvalue weighted by molar-refractivity contribution is 5.97. The number of carbonyl (C=O) groups is 2. The SMILES string of the molecule is Cc1ccc(O)c(C(=O)N2CCC[C@H](NC(=O)C(C)C)C2)c1. The molecule has 1 aliphatic rings. The van der Waals surface area contributed by atoms with Crippen molar-refractivity contribution in [1.29, 1.82) is 0 Å². The van der Waals surface area contributed by atoms with E-state index < -0.39 is 0 Å². The zero-order valence-electron chi connectivity index (χ0n) is 13.4. The molecule has 0 spiro atoms. The first kappa shape index (κ1) is 16.3. The number of aromatic hydroxyl groups is 1. The molecule has 2 amide bonds. The molecule has 1 saturated heterocycles. The van der Waals surface area contributed by atoms with Gasteiger partial charge >= 0.3 is 0 Å². The second kappa shape index (κ2) is 6.81. The van der Waals surface area contributed by atoms with Crippen LogP contribution in [0.3, 0.4) is 0 Å². The molecule has 1 aliphatic heterocycles. The molecule has 2 rings (SSSR count). The largest absolute Gasteiger partial charge is 0.507 e. The first-order valence-electron chi connectivity index (χ1n) is 7.77. The number of nitrogens with zero attached hydrogens (tertiary/aromatic N) is 1. The van der Waals surface area contributed by atoms with Gasteiger partial charge in [0.05, 0.1) is 5.56 Å². The summed E-state index contributed by atoms with van der Waals surface area (Å²) in [6.45, 7) is 6.74. The van der Waals surface area contributed by atoms with Gasteiger partial charge in [0.1, 0.15) is 5.75 Å². The van der Waals surface area contributed by atoms with E-state index in [9.17, 15) is 14.7 Å². The fourth-order valence-electron chi connectivity index (χ4n) is 2.64.